The Morgan fingerprint density at radius 3 is 2.52 bits per heavy atom. The van der Waals surface area contributed by atoms with Gasteiger partial charge in [0.1, 0.15) is 0 Å². The van der Waals surface area contributed by atoms with Crippen LogP contribution in [-0.2, 0) is 14.3 Å². The highest BCUT2D eigenvalue weighted by Gasteiger charge is 2.52. The van der Waals surface area contributed by atoms with Crippen LogP contribution in [0.25, 0.3) is 0 Å². The predicted octanol–water partition coefficient (Wildman–Crippen LogP) is 3.78. The summed E-state index contributed by atoms with van der Waals surface area (Å²) >= 11 is 0. The van der Waals surface area contributed by atoms with Crippen LogP contribution in [0.2, 0.25) is 0 Å². The Morgan fingerprint density at radius 1 is 1.26 bits per heavy atom. The number of amides is 1. The number of likely N-dealkylation sites (N-methyl/N-ethyl adjacent to an activating group) is 1. The van der Waals surface area contributed by atoms with Crippen molar-refractivity contribution in [3.05, 3.63) is 34.6 Å². The zero-order valence-corrected chi connectivity index (χ0v) is 16.9. The van der Waals surface area contributed by atoms with E-state index >= 15 is 0 Å². The molecule has 2 aliphatic heterocycles. The van der Waals surface area contributed by atoms with Gasteiger partial charge in [0, 0.05) is 24.4 Å². The van der Waals surface area contributed by atoms with Crippen molar-refractivity contribution in [1.29, 1.82) is 0 Å². The number of ether oxygens (including phenoxy) is 1. The van der Waals surface area contributed by atoms with Crippen molar-refractivity contribution in [2.75, 3.05) is 13.7 Å². The van der Waals surface area contributed by atoms with E-state index in [4.69, 9.17) is 4.74 Å². The third-order valence-corrected chi connectivity index (χ3v) is 5.76. The Bertz CT molecular complexity index is 856. The molecule has 0 spiro atoms. The van der Waals surface area contributed by atoms with Gasteiger partial charge in [0.05, 0.1) is 30.7 Å². The number of esters is 1. The van der Waals surface area contributed by atoms with Crippen molar-refractivity contribution in [2.24, 2.45) is 5.92 Å². The molecule has 3 atom stereocenters. The van der Waals surface area contributed by atoms with Crippen LogP contribution in [-0.4, -0.2) is 54.9 Å². The summed E-state index contributed by atoms with van der Waals surface area (Å²) < 4.78 is 86.3. The summed E-state index contributed by atoms with van der Waals surface area (Å²) in [7, 11) is 1.34. The fourth-order valence-electron chi connectivity index (χ4n) is 4.59. The molecule has 0 aromatic carbocycles. The van der Waals surface area contributed by atoms with Gasteiger partial charge in [-0.3, -0.25) is 14.5 Å². The number of carbonyl (C=O) groups is 2. The molecule has 0 aromatic rings. The molecule has 1 N–H and O–H groups in total. The molecule has 3 aliphatic rings. The van der Waals surface area contributed by atoms with Gasteiger partial charge in [0.15, 0.2) is 0 Å². The van der Waals surface area contributed by atoms with Crippen LogP contribution in [0.5, 0.6) is 0 Å². The van der Waals surface area contributed by atoms with E-state index in [1.807, 2.05) is 0 Å². The summed E-state index contributed by atoms with van der Waals surface area (Å²) in [6, 6.07) is -2.23. The third kappa shape index (κ3) is 4.81. The fourth-order valence-corrected chi connectivity index (χ4v) is 4.59. The minimum absolute atomic E-state index is 0.0573. The van der Waals surface area contributed by atoms with E-state index in [9.17, 15) is 35.9 Å². The van der Waals surface area contributed by atoms with E-state index in [1.165, 1.54) is 24.1 Å². The first-order valence-electron chi connectivity index (χ1n) is 9.80. The Balaban J connectivity index is 2.09. The quantitative estimate of drug-likeness (QED) is 0.510. The number of alkyl halides is 6. The normalized spacial score (nSPS) is 26.7. The summed E-state index contributed by atoms with van der Waals surface area (Å²) in [6.07, 6.45) is -8.79. The first-order chi connectivity index (χ1) is 14.3. The van der Waals surface area contributed by atoms with Crippen molar-refractivity contribution in [3.8, 4) is 0 Å². The predicted molar refractivity (Wildman–Crippen MR) is 97.4 cm³/mol. The average molecular weight is 452 g/mol. The van der Waals surface area contributed by atoms with Crippen LogP contribution in [0.3, 0.4) is 0 Å². The highest BCUT2D eigenvalue weighted by atomic mass is 19.4. The largest absolute Gasteiger partial charge is 0.466 e. The third-order valence-electron chi connectivity index (χ3n) is 5.76. The fraction of sp³-hybridized carbons (Fsp3) is 0.600. The van der Waals surface area contributed by atoms with Crippen LogP contribution in [0.4, 0.5) is 26.3 Å². The van der Waals surface area contributed by atoms with E-state index in [-0.39, 0.29) is 37.1 Å². The van der Waals surface area contributed by atoms with Crippen molar-refractivity contribution in [1.82, 2.24) is 10.2 Å². The van der Waals surface area contributed by atoms with E-state index in [0.29, 0.717) is 5.57 Å². The minimum Gasteiger partial charge on any atom is -0.466 e. The SMILES string of the molecule is CCOC(=O)CCC1C(C(F)(F)F)=C2NC(=O)CC2=C2C=CC(CC(F)(F)F)N(C)C21. The smallest absolute Gasteiger partial charge is 0.415 e. The lowest BCUT2D eigenvalue weighted by molar-refractivity contribution is -0.146. The molecule has 5 nitrogen and oxygen atoms in total. The van der Waals surface area contributed by atoms with Gasteiger partial charge >= 0.3 is 18.3 Å². The maximum atomic E-state index is 14.1. The summed E-state index contributed by atoms with van der Waals surface area (Å²) in [6.45, 7) is 1.62. The molecule has 0 aromatic heterocycles. The molecule has 31 heavy (non-hydrogen) atoms. The Hall–Kier alpha value is -2.30. The number of allylic oxidation sites excluding steroid dienone is 1. The van der Waals surface area contributed by atoms with Crippen LogP contribution >= 0.6 is 0 Å². The summed E-state index contributed by atoms with van der Waals surface area (Å²) in [5.41, 5.74) is -0.844. The zero-order valence-electron chi connectivity index (χ0n) is 16.9. The van der Waals surface area contributed by atoms with E-state index in [0.717, 1.165) is 0 Å². The van der Waals surface area contributed by atoms with E-state index in [1.54, 1.807) is 6.92 Å². The molecule has 0 saturated carbocycles. The van der Waals surface area contributed by atoms with Crippen LogP contribution < -0.4 is 5.32 Å². The first kappa shape index (κ1) is 23.4. The second-order valence-corrected chi connectivity index (χ2v) is 7.75. The highest BCUT2D eigenvalue weighted by Crippen LogP contribution is 2.50. The number of fused-ring (bicyclic) bond motifs is 2. The molecular weight excluding hydrogens is 430 g/mol. The molecule has 3 rings (SSSR count). The minimum atomic E-state index is -4.84. The van der Waals surface area contributed by atoms with Gasteiger partial charge in [-0.25, -0.2) is 0 Å². The van der Waals surface area contributed by atoms with Gasteiger partial charge in [0.25, 0.3) is 0 Å². The van der Waals surface area contributed by atoms with Gasteiger partial charge in [0.2, 0.25) is 5.91 Å². The second kappa shape index (κ2) is 8.33. The van der Waals surface area contributed by atoms with Gasteiger partial charge in [-0.05, 0) is 31.5 Å². The second-order valence-electron chi connectivity index (χ2n) is 7.75. The molecule has 0 radical (unpaired) electrons. The maximum absolute atomic E-state index is 14.1. The van der Waals surface area contributed by atoms with E-state index in [2.05, 4.69) is 5.32 Å². The molecule has 1 aliphatic carbocycles. The van der Waals surface area contributed by atoms with Crippen LogP contribution in [0.15, 0.2) is 34.6 Å². The lowest BCUT2D eigenvalue weighted by Crippen LogP contribution is -2.52. The molecule has 11 heteroatoms. The van der Waals surface area contributed by atoms with Crippen LogP contribution in [0, 0.1) is 5.92 Å². The van der Waals surface area contributed by atoms with Crippen molar-refractivity contribution in [3.63, 3.8) is 0 Å². The number of hydrogen-bond donors (Lipinski definition) is 1. The molecule has 3 unspecified atom stereocenters. The monoisotopic (exact) mass is 452 g/mol. The number of halogens is 6. The molecular formula is C20H22F6N2O3. The molecule has 1 fully saturated rings. The zero-order chi connectivity index (χ0) is 23.1. The molecule has 1 saturated heterocycles. The van der Waals surface area contributed by atoms with Gasteiger partial charge < -0.3 is 10.1 Å². The lowest BCUT2D eigenvalue weighted by atomic mass is 9.72. The summed E-state index contributed by atoms with van der Waals surface area (Å²) in [5.74, 6) is -2.65. The molecule has 172 valence electrons. The van der Waals surface area contributed by atoms with Gasteiger partial charge in [-0.1, -0.05) is 12.2 Å². The molecule has 1 amide bonds. The maximum Gasteiger partial charge on any atom is 0.415 e. The van der Waals surface area contributed by atoms with Crippen molar-refractivity contribution < 1.29 is 40.7 Å². The summed E-state index contributed by atoms with van der Waals surface area (Å²) in [5, 5.41) is 2.27. The van der Waals surface area contributed by atoms with Crippen molar-refractivity contribution >= 4 is 11.9 Å². The van der Waals surface area contributed by atoms with Crippen LogP contribution in [0.1, 0.15) is 32.6 Å². The summed E-state index contributed by atoms with van der Waals surface area (Å²) in [4.78, 5) is 25.0. The number of nitrogens with one attached hydrogen (secondary N) is 1. The topological polar surface area (TPSA) is 58.6 Å². The first-order valence-corrected chi connectivity index (χ1v) is 9.80. The van der Waals surface area contributed by atoms with Gasteiger partial charge in [-0.2, -0.15) is 26.3 Å². The van der Waals surface area contributed by atoms with Crippen molar-refractivity contribution in [2.45, 2.75) is 57.0 Å². The average Bonchev–Trinajstić information content (AvgIpc) is 3.00. The number of nitrogens with zero attached hydrogens (tertiary/aromatic N) is 1. The molecule has 0 bridgehead atoms. The Kier molecular flexibility index (Phi) is 6.28. The number of rotatable bonds is 5. The highest BCUT2D eigenvalue weighted by molar-refractivity contribution is 5.88. The lowest BCUT2D eigenvalue weighted by Gasteiger charge is -2.46. The standard InChI is InChI=1S/C20H22F6N2O3/c1-3-31-15(30)7-6-12-16(20(24,25)26)17-13(8-14(29)27-17)11-5-4-10(9-19(21,22)23)28(2)18(11)12/h4-5,10,12,18H,3,6-9H2,1-2H3,(H,27,29). The van der Waals surface area contributed by atoms with Gasteiger partial charge in [-0.15, -0.1) is 0 Å². The Labute approximate surface area is 174 Å². The Morgan fingerprint density at radius 2 is 1.94 bits per heavy atom. The number of carbonyl (C=O) groups excluding carboxylic acids is 2. The number of hydrogen-bond acceptors (Lipinski definition) is 4. The van der Waals surface area contributed by atoms with E-state index < -0.39 is 54.2 Å². The molecule has 2 heterocycles.